The van der Waals surface area contributed by atoms with Crippen molar-refractivity contribution < 1.29 is 28.0 Å². The Bertz CT molecular complexity index is 1040. The lowest BCUT2D eigenvalue weighted by atomic mass is 10.1. The summed E-state index contributed by atoms with van der Waals surface area (Å²) in [5.41, 5.74) is 0.944. The third-order valence-electron chi connectivity index (χ3n) is 4.38. The van der Waals surface area contributed by atoms with Crippen LogP contribution in [0.15, 0.2) is 47.1 Å². The maximum Gasteiger partial charge on any atom is 0.266 e. The highest BCUT2D eigenvalue weighted by molar-refractivity contribution is 5.96. The van der Waals surface area contributed by atoms with E-state index in [1.165, 1.54) is 25.1 Å². The van der Waals surface area contributed by atoms with E-state index in [1.54, 1.807) is 24.3 Å². The molecule has 2 aromatic carbocycles. The lowest BCUT2D eigenvalue weighted by Crippen LogP contribution is -2.30. The maximum atomic E-state index is 13.8. The molecule has 1 amide bonds. The quantitative estimate of drug-likeness (QED) is 0.452. The topological polar surface area (TPSA) is 95.7 Å². The van der Waals surface area contributed by atoms with Crippen molar-refractivity contribution in [1.29, 1.82) is 0 Å². The van der Waals surface area contributed by atoms with Crippen LogP contribution < -0.4 is 19.5 Å². The first kappa shape index (κ1) is 23.1. The Morgan fingerprint density at radius 1 is 1.03 bits per heavy atom. The van der Waals surface area contributed by atoms with Crippen molar-refractivity contribution in [3.63, 3.8) is 0 Å². The number of aromatic nitrogens is 2. The highest BCUT2D eigenvalue weighted by Gasteiger charge is 2.22. The molecular formula is C23H26FN3O5. The molecule has 8 nitrogen and oxygen atoms in total. The fraction of sp³-hybridized carbons (Fsp3) is 0.348. The molecule has 0 aliphatic rings. The zero-order valence-corrected chi connectivity index (χ0v) is 18.3. The number of anilines is 1. The summed E-state index contributed by atoms with van der Waals surface area (Å²) < 4.78 is 35.6. The number of nitrogens with zero attached hydrogens (tertiary/aromatic N) is 2. The van der Waals surface area contributed by atoms with Gasteiger partial charge in [-0.15, -0.1) is 0 Å². The molecule has 0 bridgehead atoms. The Hall–Kier alpha value is -3.62. The minimum atomic E-state index is -0.982. The number of nitrogens with one attached hydrogen (secondary N) is 1. The second-order valence-electron chi connectivity index (χ2n) is 7.00. The fourth-order valence-electron chi connectivity index (χ4n) is 2.77. The molecule has 1 unspecified atom stereocenters. The SMILES string of the molecule is CCCOc1ccc(-c2nonc2NC(=O)C(C)Oc2ccccc2F)cc1OCCC. The predicted octanol–water partition coefficient (Wildman–Crippen LogP) is 4.86. The summed E-state index contributed by atoms with van der Waals surface area (Å²) in [6.07, 6.45) is 0.722. The van der Waals surface area contributed by atoms with Crippen molar-refractivity contribution in [1.82, 2.24) is 10.3 Å². The third kappa shape index (κ3) is 5.75. The summed E-state index contributed by atoms with van der Waals surface area (Å²) in [6.45, 7) is 6.63. The molecule has 3 rings (SSSR count). The molecule has 1 heterocycles. The first-order valence-corrected chi connectivity index (χ1v) is 10.5. The average molecular weight is 443 g/mol. The van der Waals surface area contributed by atoms with Gasteiger partial charge in [-0.1, -0.05) is 26.0 Å². The molecule has 0 aliphatic heterocycles. The van der Waals surface area contributed by atoms with E-state index < -0.39 is 17.8 Å². The summed E-state index contributed by atoms with van der Waals surface area (Å²) in [5, 5.41) is 10.3. The molecule has 9 heteroatoms. The number of para-hydroxylation sites is 1. The van der Waals surface area contributed by atoms with Gasteiger partial charge >= 0.3 is 0 Å². The Labute approximate surface area is 185 Å². The van der Waals surface area contributed by atoms with Crippen LogP contribution in [0.3, 0.4) is 0 Å². The highest BCUT2D eigenvalue weighted by atomic mass is 19.1. The van der Waals surface area contributed by atoms with Gasteiger partial charge in [0.2, 0.25) is 5.82 Å². The smallest absolute Gasteiger partial charge is 0.266 e. The van der Waals surface area contributed by atoms with Crippen LogP contribution in [0.4, 0.5) is 10.2 Å². The zero-order valence-electron chi connectivity index (χ0n) is 18.3. The first-order chi connectivity index (χ1) is 15.5. The van der Waals surface area contributed by atoms with Crippen molar-refractivity contribution >= 4 is 11.7 Å². The fourth-order valence-corrected chi connectivity index (χ4v) is 2.77. The van der Waals surface area contributed by atoms with Crippen molar-refractivity contribution in [2.24, 2.45) is 0 Å². The minimum absolute atomic E-state index is 0.0194. The standard InChI is InChI=1S/C23H26FN3O5/c1-4-12-29-19-11-10-16(14-20(19)30-13-5-2)21-22(27-32-26-21)25-23(28)15(3)31-18-9-7-6-8-17(18)24/h6-11,14-15H,4-5,12-13H2,1-3H3,(H,25,27,28). The Morgan fingerprint density at radius 2 is 1.75 bits per heavy atom. The largest absolute Gasteiger partial charge is 0.490 e. The monoisotopic (exact) mass is 443 g/mol. The average Bonchev–Trinajstić information content (AvgIpc) is 3.26. The number of hydrogen-bond donors (Lipinski definition) is 1. The Balaban J connectivity index is 1.77. The number of halogens is 1. The first-order valence-electron chi connectivity index (χ1n) is 10.5. The molecule has 3 aromatic rings. The van der Waals surface area contributed by atoms with Crippen LogP contribution in [0, 0.1) is 5.82 Å². The number of carbonyl (C=O) groups excluding carboxylic acids is 1. The summed E-state index contributed by atoms with van der Waals surface area (Å²) >= 11 is 0. The predicted molar refractivity (Wildman–Crippen MR) is 116 cm³/mol. The number of carbonyl (C=O) groups is 1. The van der Waals surface area contributed by atoms with Gasteiger partial charge in [0.15, 0.2) is 34.9 Å². The maximum absolute atomic E-state index is 13.8. The summed E-state index contributed by atoms with van der Waals surface area (Å²) in [7, 11) is 0. The third-order valence-corrected chi connectivity index (χ3v) is 4.38. The number of hydrogen-bond acceptors (Lipinski definition) is 7. The van der Waals surface area contributed by atoms with E-state index >= 15 is 0 Å². The molecule has 32 heavy (non-hydrogen) atoms. The van der Waals surface area contributed by atoms with Gasteiger partial charge in [0, 0.05) is 5.56 Å². The van der Waals surface area contributed by atoms with Gasteiger partial charge in [-0.2, -0.15) is 0 Å². The second kappa shape index (κ2) is 11.1. The number of amides is 1. The van der Waals surface area contributed by atoms with Crippen LogP contribution in [0.2, 0.25) is 0 Å². The lowest BCUT2D eigenvalue weighted by Gasteiger charge is -2.15. The summed E-state index contributed by atoms with van der Waals surface area (Å²) in [4.78, 5) is 12.6. The summed E-state index contributed by atoms with van der Waals surface area (Å²) in [5.74, 6) is 0.195. The van der Waals surface area contributed by atoms with Gasteiger partial charge in [0.1, 0.15) is 0 Å². The van der Waals surface area contributed by atoms with E-state index in [1.807, 2.05) is 13.8 Å². The molecular weight excluding hydrogens is 417 g/mol. The van der Waals surface area contributed by atoms with Crippen molar-refractivity contribution in [2.45, 2.75) is 39.7 Å². The van der Waals surface area contributed by atoms with Crippen LogP contribution in [-0.4, -0.2) is 35.5 Å². The molecule has 1 atom stereocenters. The molecule has 0 fully saturated rings. The van der Waals surface area contributed by atoms with Crippen LogP contribution in [0.5, 0.6) is 17.2 Å². The summed E-state index contributed by atoms with van der Waals surface area (Å²) in [6, 6.07) is 11.2. The molecule has 0 saturated carbocycles. The van der Waals surface area contributed by atoms with E-state index in [-0.39, 0.29) is 11.6 Å². The number of ether oxygens (including phenoxy) is 3. The molecule has 0 spiro atoms. The molecule has 170 valence electrons. The zero-order chi connectivity index (χ0) is 22.9. The number of benzene rings is 2. The Kier molecular flexibility index (Phi) is 8.02. The van der Waals surface area contributed by atoms with E-state index in [9.17, 15) is 9.18 Å². The van der Waals surface area contributed by atoms with Gasteiger partial charge in [0.25, 0.3) is 5.91 Å². The van der Waals surface area contributed by atoms with Crippen LogP contribution in [-0.2, 0) is 4.79 Å². The van der Waals surface area contributed by atoms with E-state index in [4.69, 9.17) is 18.8 Å². The minimum Gasteiger partial charge on any atom is -0.490 e. The van der Waals surface area contributed by atoms with E-state index in [0.717, 1.165) is 12.8 Å². The van der Waals surface area contributed by atoms with Crippen LogP contribution in [0.1, 0.15) is 33.6 Å². The normalized spacial score (nSPS) is 11.6. The van der Waals surface area contributed by atoms with Crippen molar-refractivity contribution in [3.05, 3.63) is 48.3 Å². The molecule has 0 aliphatic carbocycles. The van der Waals surface area contributed by atoms with Gasteiger partial charge in [-0.05, 0) is 60.4 Å². The lowest BCUT2D eigenvalue weighted by molar-refractivity contribution is -0.122. The van der Waals surface area contributed by atoms with Crippen LogP contribution in [0.25, 0.3) is 11.3 Å². The van der Waals surface area contributed by atoms with Crippen LogP contribution >= 0.6 is 0 Å². The van der Waals surface area contributed by atoms with Gasteiger partial charge in [-0.3, -0.25) is 4.79 Å². The van der Waals surface area contributed by atoms with E-state index in [2.05, 4.69) is 15.6 Å². The molecule has 1 N–H and O–H groups in total. The van der Waals surface area contributed by atoms with Gasteiger partial charge < -0.3 is 19.5 Å². The highest BCUT2D eigenvalue weighted by Crippen LogP contribution is 2.34. The molecule has 0 radical (unpaired) electrons. The van der Waals surface area contributed by atoms with Crippen molar-refractivity contribution in [2.75, 3.05) is 18.5 Å². The van der Waals surface area contributed by atoms with Crippen molar-refractivity contribution in [3.8, 4) is 28.5 Å². The Morgan fingerprint density at radius 3 is 2.47 bits per heavy atom. The van der Waals surface area contributed by atoms with Gasteiger partial charge in [-0.25, -0.2) is 9.02 Å². The number of rotatable bonds is 11. The molecule has 1 aromatic heterocycles. The van der Waals surface area contributed by atoms with E-state index in [0.29, 0.717) is 36.0 Å². The van der Waals surface area contributed by atoms with Gasteiger partial charge in [0.05, 0.1) is 13.2 Å². The molecule has 0 saturated heterocycles. The second-order valence-corrected chi connectivity index (χ2v) is 7.00.